The molecule has 3 rings (SSSR count). The van der Waals surface area contributed by atoms with Gasteiger partial charge in [0.05, 0.1) is 16.4 Å². The minimum Gasteiger partial charge on any atom is -0.481 e. The van der Waals surface area contributed by atoms with Crippen LogP contribution in [0.15, 0.2) is 66.7 Å². The Hall–Kier alpha value is -3.07. The fourth-order valence-corrected chi connectivity index (χ4v) is 5.26. The molecule has 0 atom stereocenters. The Morgan fingerprint density at radius 1 is 0.759 bits per heavy atom. The summed E-state index contributed by atoms with van der Waals surface area (Å²) in [6, 6.07) is 19.6. The van der Waals surface area contributed by atoms with Crippen molar-refractivity contribution in [2.45, 2.75) is 12.8 Å². The van der Waals surface area contributed by atoms with Gasteiger partial charge in [-0.25, -0.2) is 6.14 Å². The Bertz CT molecular complexity index is 1130. The summed E-state index contributed by atoms with van der Waals surface area (Å²) in [5.74, 6) is -2.37. The number of hydrogen-bond acceptors (Lipinski definition) is 4. The molecule has 0 radical (unpaired) electrons. The maximum Gasteiger partial charge on any atom is 0.341 e. The lowest BCUT2D eigenvalue weighted by atomic mass is 9.87. The minimum atomic E-state index is -4.21. The molecule has 29 heavy (non-hydrogen) atoms. The van der Waals surface area contributed by atoms with Crippen LogP contribution in [0.25, 0.3) is 22.3 Å². The molecule has 148 valence electrons. The molecular formula is C22H17IO6. The van der Waals surface area contributed by atoms with Gasteiger partial charge in [-0.05, 0) is 39.4 Å². The molecule has 0 heterocycles. The first-order valence-electron chi connectivity index (χ1n) is 8.67. The lowest BCUT2D eigenvalue weighted by Crippen LogP contribution is -2.11. The lowest BCUT2D eigenvalue weighted by Gasteiger charge is -2.19. The number of carboxylic acid groups (broad SMARTS) is 2. The minimum absolute atomic E-state index is 0.113. The van der Waals surface area contributed by atoms with Gasteiger partial charge in [-0.1, -0.05) is 60.7 Å². The van der Waals surface area contributed by atoms with E-state index in [0.717, 1.165) is 5.56 Å². The highest BCUT2D eigenvalue weighted by atomic mass is 127. The van der Waals surface area contributed by atoms with Crippen LogP contribution in [-0.4, -0.2) is 22.2 Å². The van der Waals surface area contributed by atoms with E-state index < -0.39 is 44.6 Å². The molecule has 7 heteroatoms. The van der Waals surface area contributed by atoms with Crippen LogP contribution in [0.1, 0.15) is 11.1 Å². The molecule has 0 bridgehead atoms. The topological polar surface area (TPSA) is 109 Å². The van der Waals surface area contributed by atoms with Gasteiger partial charge in [-0.15, -0.1) is 0 Å². The summed E-state index contributed by atoms with van der Waals surface area (Å²) in [6.45, 7) is 0. The predicted octanol–water partition coefficient (Wildman–Crippen LogP) is 4.64. The van der Waals surface area contributed by atoms with Crippen molar-refractivity contribution in [1.29, 1.82) is 0 Å². The number of rotatable bonds is 7. The van der Waals surface area contributed by atoms with E-state index in [2.05, 4.69) is 0 Å². The van der Waals surface area contributed by atoms with E-state index in [9.17, 15) is 25.9 Å². The Kier molecular flexibility index (Phi) is 6.38. The fourth-order valence-electron chi connectivity index (χ4n) is 3.36. The molecular weight excluding hydrogens is 487 g/mol. The van der Waals surface area contributed by atoms with Crippen molar-refractivity contribution in [3.8, 4) is 22.3 Å². The number of benzene rings is 3. The van der Waals surface area contributed by atoms with Crippen molar-refractivity contribution in [3.63, 3.8) is 0 Å². The van der Waals surface area contributed by atoms with Gasteiger partial charge in [0.25, 0.3) is 0 Å². The molecule has 0 amide bonds. The first-order valence-corrected chi connectivity index (χ1v) is 11.5. The van der Waals surface area contributed by atoms with Gasteiger partial charge in [-0.3, -0.25) is 9.59 Å². The molecule has 0 fully saturated rings. The van der Waals surface area contributed by atoms with Gasteiger partial charge in [0.15, 0.2) is 0 Å². The fraction of sp³-hybridized carbons (Fsp3) is 0.0909. The van der Waals surface area contributed by atoms with Crippen molar-refractivity contribution in [3.05, 3.63) is 81.4 Å². The maximum absolute atomic E-state index is 12.2. The Morgan fingerprint density at radius 3 is 1.76 bits per heavy atom. The molecule has 3 aromatic carbocycles. The summed E-state index contributed by atoms with van der Waals surface area (Å²) in [5.41, 5.74) is 2.76. The molecule has 0 aliphatic rings. The van der Waals surface area contributed by atoms with Gasteiger partial charge in [0.1, 0.15) is 0 Å². The molecule has 0 saturated heterocycles. The first-order chi connectivity index (χ1) is 13.9. The average molecular weight is 504 g/mol. The largest absolute Gasteiger partial charge is 0.481 e. The number of aliphatic carboxylic acids is 2. The summed E-state index contributed by atoms with van der Waals surface area (Å²) in [5, 5.41) is 18.8. The highest BCUT2D eigenvalue weighted by molar-refractivity contribution is 14.2. The second kappa shape index (κ2) is 8.95. The van der Waals surface area contributed by atoms with Gasteiger partial charge in [-0.2, -0.15) is 0 Å². The van der Waals surface area contributed by atoms with Crippen LogP contribution in [0, 0.1) is 3.57 Å². The maximum atomic E-state index is 12.2. The molecule has 6 nitrogen and oxygen atoms in total. The lowest BCUT2D eigenvalue weighted by molar-refractivity contribution is -0.137. The van der Waals surface area contributed by atoms with Crippen LogP contribution in [0.5, 0.6) is 0 Å². The van der Waals surface area contributed by atoms with Crippen molar-refractivity contribution in [2.75, 3.05) is 0 Å². The van der Waals surface area contributed by atoms with Crippen molar-refractivity contribution < 1.29 is 25.9 Å². The molecule has 0 aromatic heterocycles. The molecule has 0 spiro atoms. The van der Waals surface area contributed by atoms with Crippen molar-refractivity contribution >= 4 is 31.7 Å². The normalized spacial score (nSPS) is 10.8. The molecule has 0 unspecified atom stereocenters. The van der Waals surface area contributed by atoms with Crippen LogP contribution < -0.4 is 0 Å². The van der Waals surface area contributed by atoms with E-state index in [0.29, 0.717) is 16.7 Å². The number of carbonyl (C=O) groups is 2. The zero-order valence-corrected chi connectivity index (χ0v) is 17.3. The smallest absolute Gasteiger partial charge is 0.341 e. The monoisotopic (exact) mass is 504 g/mol. The Morgan fingerprint density at radius 2 is 1.28 bits per heavy atom. The summed E-state index contributed by atoms with van der Waals surface area (Å²) in [4.78, 5) is 23.0. The predicted molar refractivity (Wildman–Crippen MR) is 114 cm³/mol. The molecule has 3 aromatic rings. The van der Waals surface area contributed by atoms with Gasteiger partial charge >= 0.3 is 31.7 Å². The van der Waals surface area contributed by atoms with Crippen LogP contribution in [0.4, 0.5) is 0 Å². The zero-order valence-electron chi connectivity index (χ0n) is 15.2. The summed E-state index contributed by atoms with van der Waals surface area (Å²) < 4.78 is 24.2. The molecule has 0 aliphatic heterocycles. The second-order valence-electron chi connectivity index (χ2n) is 6.34. The van der Waals surface area contributed by atoms with Gasteiger partial charge in [0.2, 0.25) is 0 Å². The first kappa shape index (κ1) is 20.7. The van der Waals surface area contributed by atoms with Crippen LogP contribution in [-0.2, 0) is 28.6 Å². The van der Waals surface area contributed by atoms with Crippen molar-refractivity contribution in [1.82, 2.24) is 0 Å². The van der Waals surface area contributed by atoms with E-state index in [-0.39, 0.29) is 14.7 Å². The summed E-state index contributed by atoms with van der Waals surface area (Å²) in [6.07, 6.45) is -1.03. The second-order valence-corrected chi connectivity index (χ2v) is 8.66. The summed E-state index contributed by atoms with van der Waals surface area (Å²) >= 11 is -4.21. The van der Waals surface area contributed by atoms with E-state index in [1.165, 1.54) is 0 Å². The van der Waals surface area contributed by atoms with Crippen LogP contribution in [0.3, 0.4) is 0 Å². The van der Waals surface area contributed by atoms with Crippen LogP contribution in [0.2, 0.25) is 0 Å². The van der Waals surface area contributed by atoms with Gasteiger partial charge < -0.3 is 10.2 Å². The van der Waals surface area contributed by atoms with E-state index in [1.54, 1.807) is 30.3 Å². The standard InChI is InChI=1S/C22H17IO6/c24-19(25)12-16-11-17(14-7-3-1-4-8-14)21(15-9-5-2-6-10-15)18(13-20(26)27)22(16)23(28)29/h1-11H,12-13H2,(H,24,25)(H,26,27). The van der Waals surface area contributed by atoms with E-state index in [4.69, 9.17) is 0 Å². The summed E-state index contributed by atoms with van der Waals surface area (Å²) in [7, 11) is 0. The SMILES string of the molecule is O=C(O)Cc1cc(-c2ccccc2)c(-c2ccccc2)c(CC(=O)O)c1I(=O)=O. The highest BCUT2D eigenvalue weighted by Crippen LogP contribution is 2.41. The Labute approximate surface area is 174 Å². The molecule has 0 saturated carbocycles. The van der Waals surface area contributed by atoms with Gasteiger partial charge in [0, 0.05) is 0 Å². The average Bonchev–Trinajstić information content (AvgIpc) is 2.67. The van der Waals surface area contributed by atoms with E-state index in [1.807, 2.05) is 36.4 Å². The Balaban J connectivity index is 2.49. The van der Waals surface area contributed by atoms with Crippen molar-refractivity contribution in [2.24, 2.45) is 0 Å². The quantitative estimate of drug-likeness (QED) is 0.454. The highest BCUT2D eigenvalue weighted by Gasteiger charge is 2.25. The molecule has 0 aliphatic carbocycles. The molecule has 2 N–H and O–H groups in total. The third kappa shape index (κ3) is 4.68. The van der Waals surface area contributed by atoms with Crippen LogP contribution >= 0.6 is 19.8 Å². The number of halogens is 1. The number of carboxylic acids is 2. The third-order valence-electron chi connectivity index (χ3n) is 4.41. The number of hydrogen-bond donors (Lipinski definition) is 2. The zero-order chi connectivity index (χ0) is 21.0. The van der Waals surface area contributed by atoms with E-state index >= 15 is 0 Å². The third-order valence-corrected chi connectivity index (χ3v) is 6.63.